The fourth-order valence-corrected chi connectivity index (χ4v) is 2.44. The van der Waals surface area contributed by atoms with Crippen molar-refractivity contribution in [2.24, 2.45) is 10.9 Å². The molecule has 22 heavy (non-hydrogen) atoms. The quantitative estimate of drug-likeness (QED) is 0.489. The van der Waals surface area contributed by atoms with E-state index in [1.165, 1.54) is 7.11 Å². The first kappa shape index (κ1) is 18.6. The number of ether oxygens (including phenoxy) is 1. The summed E-state index contributed by atoms with van der Waals surface area (Å²) in [5, 5.41) is 7.48. The summed E-state index contributed by atoms with van der Waals surface area (Å²) in [6, 6.07) is 5.29. The van der Waals surface area contributed by atoms with Crippen LogP contribution in [0.25, 0.3) is 0 Å². The lowest BCUT2D eigenvalue weighted by Crippen LogP contribution is -2.41. The summed E-state index contributed by atoms with van der Waals surface area (Å²) in [6.07, 6.45) is 0. The maximum Gasteiger partial charge on any atom is 0.310 e. The van der Waals surface area contributed by atoms with Gasteiger partial charge < -0.3 is 15.4 Å². The minimum atomic E-state index is -0.267. The van der Waals surface area contributed by atoms with Gasteiger partial charge in [0.25, 0.3) is 0 Å². The van der Waals surface area contributed by atoms with Gasteiger partial charge in [-0.05, 0) is 24.6 Å². The molecule has 1 aromatic carbocycles. The van der Waals surface area contributed by atoms with Crippen LogP contribution in [0.5, 0.6) is 0 Å². The lowest BCUT2D eigenvalue weighted by molar-refractivity contribution is -0.144. The molecular weight excluding hydrogens is 325 g/mol. The minimum absolute atomic E-state index is 0.0654. The molecule has 0 amide bonds. The molecule has 0 heterocycles. The molecule has 0 aliphatic carbocycles. The zero-order chi connectivity index (χ0) is 16.7. The van der Waals surface area contributed by atoms with Crippen molar-refractivity contribution in [3.8, 4) is 0 Å². The highest BCUT2D eigenvalue weighted by atomic mass is 35.5. The standard InChI is InChI=1S/C15H21Cl2N3O2/c1-9(14(21)22-4)8-19-15(18-3)20-10(2)12-6-5-11(16)7-13(12)17/h5-7,9-10H,8H2,1-4H3,(H2,18,19,20). The SMILES string of the molecule is CN=C(NCC(C)C(=O)OC)NC(C)c1ccc(Cl)cc1Cl. The molecule has 0 aromatic heterocycles. The first-order chi connectivity index (χ1) is 10.4. The first-order valence-corrected chi connectivity index (χ1v) is 7.64. The number of esters is 1. The molecular formula is C15H21Cl2N3O2. The van der Waals surface area contributed by atoms with Crippen LogP contribution in [0.1, 0.15) is 25.5 Å². The molecule has 7 heteroatoms. The molecule has 0 spiro atoms. The average molecular weight is 346 g/mol. The zero-order valence-corrected chi connectivity index (χ0v) is 14.6. The van der Waals surface area contributed by atoms with E-state index in [1.807, 2.05) is 13.0 Å². The number of hydrogen-bond donors (Lipinski definition) is 2. The molecule has 0 saturated carbocycles. The van der Waals surface area contributed by atoms with Crippen molar-refractivity contribution in [2.75, 3.05) is 20.7 Å². The molecule has 1 rings (SSSR count). The summed E-state index contributed by atoms with van der Waals surface area (Å²) in [4.78, 5) is 15.5. The number of benzene rings is 1. The molecule has 2 N–H and O–H groups in total. The van der Waals surface area contributed by atoms with E-state index in [1.54, 1.807) is 26.1 Å². The Morgan fingerprint density at radius 3 is 2.59 bits per heavy atom. The van der Waals surface area contributed by atoms with E-state index in [2.05, 4.69) is 20.4 Å². The monoisotopic (exact) mass is 345 g/mol. The van der Waals surface area contributed by atoms with Crippen molar-refractivity contribution in [1.82, 2.24) is 10.6 Å². The van der Waals surface area contributed by atoms with E-state index in [4.69, 9.17) is 23.2 Å². The summed E-state index contributed by atoms with van der Waals surface area (Å²) < 4.78 is 4.69. The molecule has 0 bridgehead atoms. The molecule has 2 unspecified atom stereocenters. The van der Waals surface area contributed by atoms with Crippen molar-refractivity contribution in [1.29, 1.82) is 0 Å². The minimum Gasteiger partial charge on any atom is -0.469 e. The van der Waals surface area contributed by atoms with Crippen LogP contribution in [0.4, 0.5) is 0 Å². The van der Waals surface area contributed by atoms with Crippen LogP contribution in [0.3, 0.4) is 0 Å². The number of nitrogens with one attached hydrogen (secondary N) is 2. The van der Waals surface area contributed by atoms with Gasteiger partial charge in [0.05, 0.1) is 19.1 Å². The highest BCUT2D eigenvalue weighted by Crippen LogP contribution is 2.25. The highest BCUT2D eigenvalue weighted by Gasteiger charge is 2.15. The maximum atomic E-state index is 11.4. The number of hydrogen-bond acceptors (Lipinski definition) is 3. The largest absolute Gasteiger partial charge is 0.469 e. The van der Waals surface area contributed by atoms with Crippen LogP contribution < -0.4 is 10.6 Å². The molecule has 0 saturated heterocycles. The van der Waals surface area contributed by atoms with E-state index in [0.29, 0.717) is 22.5 Å². The van der Waals surface area contributed by atoms with Crippen LogP contribution in [0.15, 0.2) is 23.2 Å². The van der Waals surface area contributed by atoms with Crippen LogP contribution in [0, 0.1) is 5.92 Å². The molecule has 5 nitrogen and oxygen atoms in total. The van der Waals surface area contributed by atoms with Crippen molar-refractivity contribution in [2.45, 2.75) is 19.9 Å². The van der Waals surface area contributed by atoms with Gasteiger partial charge in [0.1, 0.15) is 0 Å². The number of carbonyl (C=O) groups excluding carboxylic acids is 1. The number of methoxy groups -OCH3 is 1. The number of halogens is 2. The molecule has 0 radical (unpaired) electrons. The lowest BCUT2D eigenvalue weighted by atomic mass is 10.1. The van der Waals surface area contributed by atoms with Gasteiger partial charge in [-0.25, -0.2) is 0 Å². The fraction of sp³-hybridized carbons (Fsp3) is 0.467. The number of rotatable bonds is 5. The van der Waals surface area contributed by atoms with E-state index in [0.717, 1.165) is 5.56 Å². The van der Waals surface area contributed by atoms with E-state index < -0.39 is 0 Å². The van der Waals surface area contributed by atoms with Crippen molar-refractivity contribution >= 4 is 35.1 Å². The number of carbonyl (C=O) groups is 1. The summed E-state index contributed by atoms with van der Waals surface area (Å²) in [5.74, 6) is 0.0454. The van der Waals surface area contributed by atoms with Crippen molar-refractivity contribution in [3.05, 3.63) is 33.8 Å². The summed E-state index contributed by atoms with van der Waals surface area (Å²) in [7, 11) is 3.03. The normalized spacial score (nSPS) is 14.2. The van der Waals surface area contributed by atoms with E-state index in [9.17, 15) is 4.79 Å². The Bertz CT molecular complexity index is 550. The predicted molar refractivity (Wildman–Crippen MR) is 90.6 cm³/mol. The number of aliphatic imine (C=N–C) groups is 1. The first-order valence-electron chi connectivity index (χ1n) is 6.89. The Hall–Kier alpha value is -1.46. The van der Waals surface area contributed by atoms with Crippen LogP contribution >= 0.6 is 23.2 Å². The highest BCUT2D eigenvalue weighted by molar-refractivity contribution is 6.35. The van der Waals surface area contributed by atoms with Crippen LogP contribution in [-0.4, -0.2) is 32.6 Å². The molecule has 0 aliphatic rings. The summed E-state index contributed by atoms with van der Waals surface area (Å²) in [6.45, 7) is 4.17. The third-order valence-corrected chi connectivity index (χ3v) is 3.75. The smallest absolute Gasteiger partial charge is 0.310 e. The van der Waals surface area contributed by atoms with E-state index in [-0.39, 0.29) is 17.9 Å². The van der Waals surface area contributed by atoms with Crippen molar-refractivity contribution < 1.29 is 9.53 Å². The Balaban J connectivity index is 2.64. The Kier molecular flexibility index (Phi) is 7.48. The third kappa shape index (κ3) is 5.39. The molecule has 1 aromatic rings. The van der Waals surface area contributed by atoms with Crippen LogP contribution in [-0.2, 0) is 9.53 Å². The second-order valence-electron chi connectivity index (χ2n) is 4.91. The third-order valence-electron chi connectivity index (χ3n) is 3.19. The lowest BCUT2D eigenvalue weighted by Gasteiger charge is -2.20. The Morgan fingerprint density at radius 2 is 2.05 bits per heavy atom. The molecule has 122 valence electrons. The summed E-state index contributed by atoms with van der Waals surface area (Å²) in [5.41, 5.74) is 0.912. The topological polar surface area (TPSA) is 62.7 Å². The molecule has 0 fully saturated rings. The Morgan fingerprint density at radius 1 is 1.36 bits per heavy atom. The van der Waals surface area contributed by atoms with Crippen LogP contribution in [0.2, 0.25) is 10.0 Å². The average Bonchev–Trinajstić information content (AvgIpc) is 2.49. The second kappa shape index (κ2) is 8.86. The molecule has 2 atom stereocenters. The second-order valence-corrected chi connectivity index (χ2v) is 5.75. The van der Waals surface area contributed by atoms with E-state index >= 15 is 0 Å². The van der Waals surface area contributed by atoms with Gasteiger partial charge in [0.15, 0.2) is 5.96 Å². The predicted octanol–water partition coefficient (Wildman–Crippen LogP) is 3.03. The fourth-order valence-electron chi connectivity index (χ4n) is 1.86. The Labute approximate surface area is 141 Å². The van der Waals surface area contributed by atoms with Gasteiger partial charge >= 0.3 is 5.97 Å². The van der Waals surface area contributed by atoms with Gasteiger partial charge in [-0.15, -0.1) is 0 Å². The van der Waals surface area contributed by atoms with Gasteiger partial charge in [-0.3, -0.25) is 9.79 Å². The van der Waals surface area contributed by atoms with Gasteiger partial charge in [0.2, 0.25) is 0 Å². The molecule has 0 aliphatic heterocycles. The maximum absolute atomic E-state index is 11.4. The van der Waals surface area contributed by atoms with Gasteiger partial charge in [-0.2, -0.15) is 0 Å². The van der Waals surface area contributed by atoms with Gasteiger partial charge in [0, 0.05) is 23.6 Å². The summed E-state index contributed by atoms with van der Waals surface area (Å²) >= 11 is 12.1. The van der Waals surface area contributed by atoms with Gasteiger partial charge in [-0.1, -0.05) is 36.2 Å². The number of nitrogens with zero attached hydrogens (tertiary/aromatic N) is 1. The zero-order valence-electron chi connectivity index (χ0n) is 13.1. The van der Waals surface area contributed by atoms with Crippen molar-refractivity contribution in [3.63, 3.8) is 0 Å². The number of guanidine groups is 1.